The van der Waals surface area contributed by atoms with Crippen molar-refractivity contribution in [2.45, 2.75) is 31.6 Å². The molecule has 0 N–H and O–H groups in total. The first-order valence-corrected chi connectivity index (χ1v) is 10.2. The summed E-state index contributed by atoms with van der Waals surface area (Å²) >= 11 is 0. The van der Waals surface area contributed by atoms with Gasteiger partial charge in [-0.1, -0.05) is 31.1 Å². The maximum Gasteiger partial charge on any atom is 0.259 e. The summed E-state index contributed by atoms with van der Waals surface area (Å²) in [5.41, 5.74) is 0.959. The van der Waals surface area contributed by atoms with Crippen molar-refractivity contribution < 1.29 is 22.1 Å². The zero-order valence-corrected chi connectivity index (χ0v) is 16.3. The highest BCUT2D eigenvalue weighted by Crippen LogP contribution is 2.25. The molecule has 146 valence electrons. The number of nitrogens with zero attached hydrogens (tertiary/aromatic N) is 3. The number of benzene rings is 1. The van der Waals surface area contributed by atoms with Gasteiger partial charge in [-0.3, -0.25) is 4.79 Å². The quantitative estimate of drug-likeness (QED) is 0.794. The fraction of sp³-hybridized carbons (Fsp3) is 0.444. The molecule has 9 heteroatoms. The second-order valence-corrected chi connectivity index (χ2v) is 8.70. The summed E-state index contributed by atoms with van der Waals surface area (Å²) in [6.45, 7) is 6.17. The van der Waals surface area contributed by atoms with Crippen LogP contribution in [0.1, 0.15) is 41.6 Å². The van der Waals surface area contributed by atoms with Crippen LogP contribution in [0.15, 0.2) is 33.7 Å². The highest BCUT2D eigenvalue weighted by molar-refractivity contribution is 7.89. The van der Waals surface area contributed by atoms with Crippen molar-refractivity contribution in [2.24, 2.45) is 0 Å². The third kappa shape index (κ3) is 3.61. The molecular formula is C18H22FN3O4S. The lowest BCUT2D eigenvalue weighted by Crippen LogP contribution is -2.50. The van der Waals surface area contributed by atoms with Gasteiger partial charge in [-0.15, -0.1) is 0 Å². The Bertz CT molecular complexity index is 947. The lowest BCUT2D eigenvalue weighted by molar-refractivity contribution is 0.0694. The zero-order chi connectivity index (χ0) is 19.8. The molecule has 2 heterocycles. The second-order valence-electron chi connectivity index (χ2n) is 6.79. The fourth-order valence-corrected chi connectivity index (χ4v) is 4.61. The Morgan fingerprint density at radius 3 is 2.41 bits per heavy atom. The molecule has 1 amide bonds. The van der Waals surface area contributed by atoms with Gasteiger partial charge in [-0.2, -0.15) is 4.31 Å². The molecule has 1 aliphatic rings. The van der Waals surface area contributed by atoms with Crippen molar-refractivity contribution in [1.82, 2.24) is 14.4 Å². The number of hydrogen-bond acceptors (Lipinski definition) is 5. The Labute approximate surface area is 157 Å². The summed E-state index contributed by atoms with van der Waals surface area (Å²) in [6.07, 6.45) is 0. The molecular weight excluding hydrogens is 373 g/mol. The van der Waals surface area contributed by atoms with E-state index in [2.05, 4.69) is 5.16 Å². The van der Waals surface area contributed by atoms with Gasteiger partial charge in [0.15, 0.2) is 5.76 Å². The van der Waals surface area contributed by atoms with E-state index in [9.17, 15) is 17.6 Å². The third-order valence-corrected chi connectivity index (χ3v) is 6.54. The van der Waals surface area contributed by atoms with E-state index in [1.165, 1.54) is 22.5 Å². The van der Waals surface area contributed by atoms with Crippen LogP contribution >= 0.6 is 0 Å². The van der Waals surface area contributed by atoms with Crippen LogP contribution in [-0.4, -0.2) is 54.9 Å². The molecule has 0 saturated carbocycles. The van der Waals surface area contributed by atoms with Gasteiger partial charge in [0.2, 0.25) is 10.0 Å². The Balaban J connectivity index is 1.75. The molecule has 0 aliphatic carbocycles. The molecule has 1 fully saturated rings. The number of aromatic nitrogens is 1. The molecule has 1 aliphatic heterocycles. The van der Waals surface area contributed by atoms with Crippen molar-refractivity contribution in [1.29, 1.82) is 0 Å². The fourth-order valence-electron chi connectivity index (χ4n) is 3.12. The van der Waals surface area contributed by atoms with Crippen LogP contribution in [0.2, 0.25) is 0 Å². The molecule has 0 bridgehead atoms. The van der Waals surface area contributed by atoms with Crippen LogP contribution in [0.25, 0.3) is 0 Å². The predicted molar refractivity (Wildman–Crippen MR) is 96.4 cm³/mol. The maximum absolute atomic E-state index is 13.9. The normalized spacial score (nSPS) is 16.1. The molecule has 1 aromatic heterocycles. The minimum absolute atomic E-state index is 0.00729. The molecule has 2 aromatic rings. The number of carbonyl (C=O) groups is 1. The smallest absolute Gasteiger partial charge is 0.259 e. The number of sulfonamides is 1. The van der Waals surface area contributed by atoms with Gasteiger partial charge in [0.25, 0.3) is 5.91 Å². The monoisotopic (exact) mass is 395 g/mol. The Kier molecular flexibility index (Phi) is 5.34. The van der Waals surface area contributed by atoms with Crippen LogP contribution in [-0.2, 0) is 10.0 Å². The number of halogens is 1. The summed E-state index contributed by atoms with van der Waals surface area (Å²) in [4.78, 5) is 14.1. The zero-order valence-electron chi connectivity index (χ0n) is 15.5. The Morgan fingerprint density at radius 1 is 1.19 bits per heavy atom. The molecule has 27 heavy (non-hydrogen) atoms. The number of rotatable bonds is 4. The van der Waals surface area contributed by atoms with Gasteiger partial charge in [-0.25, -0.2) is 12.8 Å². The first-order chi connectivity index (χ1) is 12.7. The van der Waals surface area contributed by atoms with Crippen molar-refractivity contribution in [3.63, 3.8) is 0 Å². The lowest BCUT2D eigenvalue weighted by Gasteiger charge is -2.34. The van der Waals surface area contributed by atoms with E-state index < -0.39 is 15.8 Å². The SMILES string of the molecule is Cc1noc(C(C)C)c1C(=O)N1CCN(S(=O)(=O)c2ccccc2F)CC1. The molecule has 7 nitrogen and oxygen atoms in total. The first kappa shape index (κ1) is 19.5. The third-order valence-electron chi connectivity index (χ3n) is 4.61. The van der Waals surface area contributed by atoms with Gasteiger partial charge in [0, 0.05) is 32.1 Å². The first-order valence-electron chi connectivity index (χ1n) is 8.73. The van der Waals surface area contributed by atoms with Crippen LogP contribution < -0.4 is 0 Å². The molecule has 1 aromatic carbocycles. The van der Waals surface area contributed by atoms with Gasteiger partial charge in [0.1, 0.15) is 16.3 Å². The summed E-state index contributed by atoms with van der Waals surface area (Å²) in [6, 6.07) is 5.29. The van der Waals surface area contributed by atoms with E-state index in [1.54, 1.807) is 11.8 Å². The Morgan fingerprint density at radius 2 is 1.81 bits per heavy atom. The van der Waals surface area contributed by atoms with E-state index in [0.29, 0.717) is 17.0 Å². The summed E-state index contributed by atoms with van der Waals surface area (Å²) < 4.78 is 45.7. The van der Waals surface area contributed by atoms with Crippen LogP contribution in [0.5, 0.6) is 0 Å². The molecule has 0 atom stereocenters. The van der Waals surface area contributed by atoms with Crippen molar-refractivity contribution in [3.05, 3.63) is 47.1 Å². The summed E-state index contributed by atoms with van der Waals surface area (Å²) in [5.74, 6) is -0.468. The van der Waals surface area contributed by atoms with Crippen molar-refractivity contribution >= 4 is 15.9 Å². The number of aryl methyl sites for hydroxylation is 1. The van der Waals surface area contributed by atoms with E-state index in [1.807, 2.05) is 13.8 Å². The van der Waals surface area contributed by atoms with Crippen LogP contribution in [0.4, 0.5) is 4.39 Å². The minimum Gasteiger partial charge on any atom is -0.360 e. The van der Waals surface area contributed by atoms with Crippen LogP contribution in [0, 0.1) is 12.7 Å². The number of piperazine rings is 1. The maximum atomic E-state index is 13.9. The van der Waals surface area contributed by atoms with Crippen molar-refractivity contribution in [3.8, 4) is 0 Å². The number of hydrogen-bond donors (Lipinski definition) is 0. The lowest BCUT2D eigenvalue weighted by atomic mass is 10.0. The highest BCUT2D eigenvalue weighted by Gasteiger charge is 2.34. The largest absolute Gasteiger partial charge is 0.360 e. The molecule has 0 unspecified atom stereocenters. The van der Waals surface area contributed by atoms with Gasteiger partial charge in [0.05, 0.1) is 5.69 Å². The molecule has 0 radical (unpaired) electrons. The second kappa shape index (κ2) is 7.40. The minimum atomic E-state index is -3.94. The van der Waals surface area contributed by atoms with Gasteiger partial charge in [-0.05, 0) is 19.1 Å². The van der Waals surface area contributed by atoms with Gasteiger partial charge >= 0.3 is 0 Å². The van der Waals surface area contributed by atoms with Crippen molar-refractivity contribution in [2.75, 3.05) is 26.2 Å². The summed E-state index contributed by atoms with van der Waals surface area (Å²) in [5, 5.41) is 3.89. The summed E-state index contributed by atoms with van der Waals surface area (Å²) in [7, 11) is -3.94. The van der Waals surface area contributed by atoms with E-state index >= 15 is 0 Å². The molecule has 3 rings (SSSR count). The number of carbonyl (C=O) groups excluding carboxylic acids is 1. The van der Waals surface area contributed by atoms with Gasteiger partial charge < -0.3 is 9.42 Å². The van der Waals surface area contributed by atoms with E-state index in [-0.39, 0.29) is 42.9 Å². The average Bonchev–Trinajstić information content (AvgIpc) is 3.03. The number of amides is 1. The molecule has 0 spiro atoms. The average molecular weight is 395 g/mol. The standard InChI is InChI=1S/C18H22FN3O4S/c1-12(2)17-16(13(3)20-26-17)18(23)21-8-10-22(11-9-21)27(24,25)15-7-5-4-6-14(15)19/h4-7,12H,8-11H2,1-3H3. The predicted octanol–water partition coefficient (Wildman–Crippen LogP) is 2.39. The topological polar surface area (TPSA) is 83.7 Å². The van der Waals surface area contributed by atoms with E-state index in [4.69, 9.17) is 4.52 Å². The Hall–Kier alpha value is -2.26. The highest BCUT2D eigenvalue weighted by atomic mass is 32.2. The van der Waals surface area contributed by atoms with E-state index in [0.717, 1.165) is 6.07 Å². The van der Waals surface area contributed by atoms with Crippen LogP contribution in [0.3, 0.4) is 0 Å². The molecule has 1 saturated heterocycles.